The van der Waals surface area contributed by atoms with Crippen LogP contribution < -0.4 is 4.74 Å². The molecule has 0 saturated carbocycles. The third-order valence-corrected chi connectivity index (χ3v) is 5.58. The lowest BCUT2D eigenvalue weighted by molar-refractivity contribution is -0.131. The molecule has 1 fully saturated rings. The SMILES string of the molecule is COc1ccc(CCC(=O)N2CCCN(Cc3ccc(Br)cc3)CC2)cc1. The van der Waals surface area contributed by atoms with Crippen LogP contribution in [0.1, 0.15) is 24.0 Å². The van der Waals surface area contributed by atoms with Crippen LogP contribution in [0.25, 0.3) is 0 Å². The zero-order chi connectivity index (χ0) is 19.1. The van der Waals surface area contributed by atoms with E-state index in [1.165, 1.54) is 11.1 Å². The van der Waals surface area contributed by atoms with Gasteiger partial charge in [-0.15, -0.1) is 0 Å². The average molecular weight is 431 g/mol. The first-order chi connectivity index (χ1) is 13.1. The van der Waals surface area contributed by atoms with Crippen LogP contribution in [-0.2, 0) is 17.8 Å². The van der Waals surface area contributed by atoms with Gasteiger partial charge in [-0.2, -0.15) is 0 Å². The second-order valence-corrected chi connectivity index (χ2v) is 7.90. The molecule has 2 aromatic carbocycles. The molecule has 2 aromatic rings. The topological polar surface area (TPSA) is 32.8 Å². The van der Waals surface area contributed by atoms with Gasteiger partial charge in [0.05, 0.1) is 7.11 Å². The van der Waals surface area contributed by atoms with Crippen molar-refractivity contribution >= 4 is 21.8 Å². The van der Waals surface area contributed by atoms with Gasteiger partial charge in [-0.3, -0.25) is 9.69 Å². The Hall–Kier alpha value is -1.85. The molecule has 0 N–H and O–H groups in total. The summed E-state index contributed by atoms with van der Waals surface area (Å²) in [5.74, 6) is 1.11. The first-order valence-corrected chi connectivity index (χ1v) is 10.3. The first kappa shape index (κ1) is 19.9. The highest BCUT2D eigenvalue weighted by Gasteiger charge is 2.19. The number of aryl methyl sites for hydroxylation is 1. The van der Waals surface area contributed by atoms with Gasteiger partial charge in [0.25, 0.3) is 0 Å². The summed E-state index contributed by atoms with van der Waals surface area (Å²) in [6.45, 7) is 4.60. The molecule has 1 aliphatic heterocycles. The van der Waals surface area contributed by atoms with E-state index in [1.807, 2.05) is 29.2 Å². The maximum absolute atomic E-state index is 12.6. The van der Waals surface area contributed by atoms with Crippen molar-refractivity contribution in [2.75, 3.05) is 33.3 Å². The van der Waals surface area contributed by atoms with Gasteiger partial charge in [-0.05, 0) is 48.2 Å². The van der Waals surface area contributed by atoms with Crippen LogP contribution in [0, 0.1) is 0 Å². The lowest BCUT2D eigenvalue weighted by Gasteiger charge is -2.22. The molecule has 1 saturated heterocycles. The van der Waals surface area contributed by atoms with E-state index in [9.17, 15) is 4.79 Å². The van der Waals surface area contributed by atoms with Crippen molar-refractivity contribution < 1.29 is 9.53 Å². The fourth-order valence-corrected chi connectivity index (χ4v) is 3.69. The third-order valence-electron chi connectivity index (χ3n) is 5.05. The van der Waals surface area contributed by atoms with Gasteiger partial charge in [0.2, 0.25) is 5.91 Å². The van der Waals surface area contributed by atoms with Crippen molar-refractivity contribution in [1.29, 1.82) is 0 Å². The molecule has 3 rings (SSSR count). The minimum Gasteiger partial charge on any atom is -0.497 e. The van der Waals surface area contributed by atoms with Crippen molar-refractivity contribution in [1.82, 2.24) is 9.80 Å². The van der Waals surface area contributed by atoms with Gasteiger partial charge in [0, 0.05) is 43.6 Å². The van der Waals surface area contributed by atoms with Gasteiger partial charge < -0.3 is 9.64 Å². The average Bonchev–Trinajstić information content (AvgIpc) is 2.94. The van der Waals surface area contributed by atoms with E-state index in [0.29, 0.717) is 6.42 Å². The minimum absolute atomic E-state index is 0.260. The Bertz CT molecular complexity index is 731. The zero-order valence-electron chi connectivity index (χ0n) is 15.9. The van der Waals surface area contributed by atoms with E-state index in [1.54, 1.807) is 7.11 Å². The number of rotatable bonds is 6. The fraction of sp³-hybridized carbons (Fsp3) is 0.409. The van der Waals surface area contributed by atoms with E-state index in [0.717, 1.165) is 55.8 Å². The van der Waals surface area contributed by atoms with Gasteiger partial charge >= 0.3 is 0 Å². The molecule has 0 unspecified atom stereocenters. The van der Waals surface area contributed by atoms with Crippen LogP contribution in [-0.4, -0.2) is 49.0 Å². The van der Waals surface area contributed by atoms with Gasteiger partial charge in [0.15, 0.2) is 0 Å². The molecule has 27 heavy (non-hydrogen) atoms. The van der Waals surface area contributed by atoms with E-state index >= 15 is 0 Å². The number of carbonyl (C=O) groups excluding carboxylic acids is 1. The molecule has 4 nitrogen and oxygen atoms in total. The van der Waals surface area contributed by atoms with Crippen LogP contribution in [0.15, 0.2) is 53.0 Å². The summed E-state index contributed by atoms with van der Waals surface area (Å²) in [4.78, 5) is 17.1. The number of hydrogen-bond donors (Lipinski definition) is 0. The number of carbonyl (C=O) groups is 1. The standard InChI is InChI=1S/C22H27BrN2O2/c1-27-21-10-5-18(6-11-21)7-12-22(26)25-14-2-13-24(15-16-25)17-19-3-8-20(23)9-4-19/h3-6,8-11H,2,7,12-17H2,1H3. The van der Waals surface area contributed by atoms with E-state index in [2.05, 4.69) is 45.1 Å². The highest BCUT2D eigenvalue weighted by atomic mass is 79.9. The predicted molar refractivity (Wildman–Crippen MR) is 112 cm³/mol. The normalized spacial score (nSPS) is 15.4. The number of methoxy groups -OCH3 is 1. The van der Waals surface area contributed by atoms with Crippen molar-refractivity contribution in [2.24, 2.45) is 0 Å². The van der Waals surface area contributed by atoms with Crippen LogP contribution in [0.4, 0.5) is 0 Å². The molecule has 0 atom stereocenters. The van der Waals surface area contributed by atoms with Crippen LogP contribution in [0.2, 0.25) is 0 Å². The summed E-state index contributed by atoms with van der Waals surface area (Å²) >= 11 is 3.48. The van der Waals surface area contributed by atoms with E-state index in [4.69, 9.17) is 4.74 Å². The summed E-state index contributed by atoms with van der Waals surface area (Å²) in [5.41, 5.74) is 2.49. The van der Waals surface area contributed by atoms with Crippen LogP contribution in [0.5, 0.6) is 5.75 Å². The Morgan fingerprint density at radius 1 is 0.963 bits per heavy atom. The molecule has 0 spiro atoms. The van der Waals surface area contributed by atoms with Crippen LogP contribution >= 0.6 is 15.9 Å². The van der Waals surface area contributed by atoms with Crippen molar-refractivity contribution in [3.05, 3.63) is 64.1 Å². The Kier molecular flexibility index (Phi) is 7.30. The monoisotopic (exact) mass is 430 g/mol. The molecule has 0 aliphatic carbocycles. The summed E-state index contributed by atoms with van der Waals surface area (Å²) < 4.78 is 6.29. The molecule has 0 bridgehead atoms. The lowest BCUT2D eigenvalue weighted by atomic mass is 10.1. The minimum atomic E-state index is 0.260. The molecule has 1 aliphatic rings. The van der Waals surface area contributed by atoms with Crippen molar-refractivity contribution in [2.45, 2.75) is 25.8 Å². The molecular weight excluding hydrogens is 404 g/mol. The molecule has 1 heterocycles. The van der Waals surface area contributed by atoms with E-state index < -0.39 is 0 Å². The summed E-state index contributed by atoms with van der Waals surface area (Å²) in [7, 11) is 1.66. The second-order valence-electron chi connectivity index (χ2n) is 6.99. The molecule has 1 amide bonds. The molecule has 0 radical (unpaired) electrons. The zero-order valence-corrected chi connectivity index (χ0v) is 17.5. The smallest absolute Gasteiger partial charge is 0.222 e. The molecular formula is C22H27BrN2O2. The predicted octanol–water partition coefficient (Wildman–Crippen LogP) is 4.12. The van der Waals surface area contributed by atoms with Gasteiger partial charge in [0.1, 0.15) is 5.75 Å². The maximum Gasteiger partial charge on any atom is 0.222 e. The number of halogens is 1. The van der Waals surface area contributed by atoms with Gasteiger partial charge in [-0.25, -0.2) is 0 Å². The number of nitrogens with zero attached hydrogens (tertiary/aromatic N) is 2. The Morgan fingerprint density at radius 3 is 2.37 bits per heavy atom. The lowest BCUT2D eigenvalue weighted by Crippen LogP contribution is -2.35. The number of benzene rings is 2. The fourth-order valence-electron chi connectivity index (χ4n) is 3.43. The molecule has 144 valence electrons. The highest BCUT2D eigenvalue weighted by molar-refractivity contribution is 9.10. The van der Waals surface area contributed by atoms with Crippen LogP contribution in [0.3, 0.4) is 0 Å². The summed E-state index contributed by atoms with van der Waals surface area (Å²) in [6, 6.07) is 16.5. The van der Waals surface area contributed by atoms with Gasteiger partial charge in [-0.1, -0.05) is 40.2 Å². The largest absolute Gasteiger partial charge is 0.497 e. The maximum atomic E-state index is 12.6. The quantitative estimate of drug-likeness (QED) is 0.690. The number of amides is 1. The molecule has 5 heteroatoms. The van der Waals surface area contributed by atoms with E-state index in [-0.39, 0.29) is 5.91 Å². The summed E-state index contributed by atoms with van der Waals surface area (Å²) in [6.07, 6.45) is 2.38. The highest BCUT2D eigenvalue weighted by Crippen LogP contribution is 2.15. The van der Waals surface area contributed by atoms with Crippen molar-refractivity contribution in [3.8, 4) is 5.75 Å². The third kappa shape index (κ3) is 6.08. The summed E-state index contributed by atoms with van der Waals surface area (Å²) in [5, 5.41) is 0. The van der Waals surface area contributed by atoms with Crippen molar-refractivity contribution in [3.63, 3.8) is 0 Å². The number of hydrogen-bond acceptors (Lipinski definition) is 3. The Labute approximate surface area is 170 Å². The Balaban J connectivity index is 1.46. The molecule has 0 aromatic heterocycles. The first-order valence-electron chi connectivity index (χ1n) is 9.51. The number of ether oxygens (including phenoxy) is 1. The Morgan fingerprint density at radius 2 is 1.67 bits per heavy atom. The second kappa shape index (κ2) is 9.90.